The van der Waals surface area contributed by atoms with E-state index in [4.69, 9.17) is 5.73 Å². The molecule has 0 spiro atoms. The molecule has 104 valence electrons. The van der Waals surface area contributed by atoms with Gasteiger partial charge in [0.1, 0.15) is 6.04 Å². The number of carbonyl (C=O) groups excluding carboxylic acids is 1. The van der Waals surface area contributed by atoms with E-state index < -0.39 is 6.04 Å². The molecule has 3 unspecified atom stereocenters. The standard InChI is InChI=1S/C15H20N2O.ClH/c1-15(2)11-8-17(9-12(11)15)14(18)13(16)10-6-4-3-5-7-10;/h3-7,11-13H,8-9,16H2,1-2H3;1H. The van der Waals surface area contributed by atoms with E-state index in [0.717, 1.165) is 18.7 Å². The number of carbonyl (C=O) groups is 1. The highest BCUT2D eigenvalue weighted by atomic mass is 35.5. The van der Waals surface area contributed by atoms with Gasteiger partial charge in [-0.1, -0.05) is 44.2 Å². The second-order valence-corrected chi connectivity index (χ2v) is 6.17. The molecule has 4 heteroatoms. The molecule has 2 N–H and O–H groups in total. The van der Waals surface area contributed by atoms with Crippen LogP contribution in [0.2, 0.25) is 0 Å². The molecule has 0 aromatic heterocycles. The number of amides is 1. The van der Waals surface area contributed by atoms with E-state index in [1.54, 1.807) is 0 Å². The zero-order valence-electron chi connectivity index (χ0n) is 11.4. The summed E-state index contributed by atoms with van der Waals surface area (Å²) in [5.74, 6) is 1.44. The summed E-state index contributed by atoms with van der Waals surface area (Å²) in [6, 6.07) is 9.12. The third-order valence-corrected chi connectivity index (χ3v) is 4.86. The van der Waals surface area contributed by atoms with Crippen LogP contribution < -0.4 is 5.73 Å². The maximum atomic E-state index is 12.3. The monoisotopic (exact) mass is 280 g/mol. The first-order valence-electron chi connectivity index (χ1n) is 6.61. The highest BCUT2D eigenvalue weighted by Crippen LogP contribution is 2.62. The van der Waals surface area contributed by atoms with Gasteiger partial charge in [0.25, 0.3) is 0 Å². The second kappa shape index (κ2) is 4.80. The van der Waals surface area contributed by atoms with Gasteiger partial charge in [-0.2, -0.15) is 0 Å². The summed E-state index contributed by atoms with van der Waals surface area (Å²) in [4.78, 5) is 14.3. The van der Waals surface area contributed by atoms with Gasteiger partial charge in [0.05, 0.1) is 0 Å². The van der Waals surface area contributed by atoms with E-state index in [1.165, 1.54) is 0 Å². The number of halogens is 1. The van der Waals surface area contributed by atoms with Crippen LogP contribution in [0.5, 0.6) is 0 Å². The smallest absolute Gasteiger partial charge is 0.244 e. The maximum absolute atomic E-state index is 12.3. The Morgan fingerprint density at radius 3 is 2.32 bits per heavy atom. The Hall–Kier alpha value is -1.06. The van der Waals surface area contributed by atoms with Gasteiger partial charge in [-0.25, -0.2) is 0 Å². The quantitative estimate of drug-likeness (QED) is 0.903. The Kier molecular flexibility index (Phi) is 3.63. The SMILES string of the molecule is CC1(C)C2CN(C(=O)C(N)c3ccccc3)CC21.Cl. The van der Waals surface area contributed by atoms with Crippen LogP contribution in [0, 0.1) is 17.3 Å². The number of likely N-dealkylation sites (tertiary alicyclic amines) is 1. The average molecular weight is 281 g/mol. The van der Waals surface area contributed by atoms with Crippen molar-refractivity contribution in [1.29, 1.82) is 0 Å². The van der Waals surface area contributed by atoms with Crippen molar-refractivity contribution in [1.82, 2.24) is 4.90 Å². The molecule has 1 aliphatic carbocycles. The Morgan fingerprint density at radius 1 is 1.26 bits per heavy atom. The molecule has 1 heterocycles. The van der Waals surface area contributed by atoms with E-state index in [0.29, 0.717) is 17.3 Å². The lowest BCUT2D eigenvalue weighted by Crippen LogP contribution is -2.39. The van der Waals surface area contributed by atoms with E-state index in [1.807, 2.05) is 35.2 Å². The first-order chi connectivity index (χ1) is 8.51. The van der Waals surface area contributed by atoms with Crippen molar-refractivity contribution in [2.24, 2.45) is 23.0 Å². The van der Waals surface area contributed by atoms with Crippen molar-refractivity contribution in [3.63, 3.8) is 0 Å². The molecule has 1 aromatic carbocycles. The largest absolute Gasteiger partial charge is 0.340 e. The number of hydrogen-bond donors (Lipinski definition) is 1. The van der Waals surface area contributed by atoms with Crippen molar-refractivity contribution < 1.29 is 4.79 Å². The predicted molar refractivity (Wildman–Crippen MR) is 78.0 cm³/mol. The summed E-state index contributed by atoms with van der Waals surface area (Å²) in [5.41, 5.74) is 7.40. The molecule has 1 amide bonds. The van der Waals surface area contributed by atoms with E-state index in [2.05, 4.69) is 13.8 Å². The highest BCUT2D eigenvalue weighted by molar-refractivity contribution is 5.85. The number of piperidine rings is 1. The van der Waals surface area contributed by atoms with Gasteiger partial charge in [-0.05, 0) is 22.8 Å². The molecule has 1 aliphatic heterocycles. The van der Waals surface area contributed by atoms with E-state index in [9.17, 15) is 4.79 Å². The predicted octanol–water partition coefficient (Wildman–Crippen LogP) is 2.22. The lowest BCUT2D eigenvalue weighted by atomic mass is 10.0. The minimum atomic E-state index is -0.508. The molecule has 2 aliphatic rings. The summed E-state index contributed by atoms with van der Waals surface area (Å²) >= 11 is 0. The molecule has 3 atom stereocenters. The first kappa shape index (κ1) is 14.4. The lowest BCUT2D eigenvalue weighted by molar-refractivity contribution is -0.132. The molecule has 1 saturated heterocycles. The Labute approximate surface area is 120 Å². The summed E-state index contributed by atoms with van der Waals surface area (Å²) in [5, 5.41) is 0. The van der Waals surface area contributed by atoms with Gasteiger partial charge in [-0.15, -0.1) is 12.4 Å². The second-order valence-electron chi connectivity index (χ2n) is 6.17. The van der Waals surface area contributed by atoms with Gasteiger partial charge in [-0.3, -0.25) is 4.79 Å². The molecule has 1 aromatic rings. The molecule has 19 heavy (non-hydrogen) atoms. The fourth-order valence-electron chi connectivity index (χ4n) is 3.31. The van der Waals surface area contributed by atoms with Crippen molar-refractivity contribution in [2.75, 3.05) is 13.1 Å². The zero-order valence-corrected chi connectivity index (χ0v) is 12.2. The van der Waals surface area contributed by atoms with Gasteiger partial charge in [0.15, 0.2) is 0 Å². The summed E-state index contributed by atoms with van der Waals surface area (Å²) in [6.45, 7) is 6.36. The van der Waals surface area contributed by atoms with Crippen LogP contribution in [0.25, 0.3) is 0 Å². The molecular weight excluding hydrogens is 260 g/mol. The molecule has 0 radical (unpaired) electrons. The van der Waals surface area contributed by atoms with Crippen molar-refractivity contribution in [3.8, 4) is 0 Å². The average Bonchev–Trinajstić information content (AvgIpc) is 2.78. The van der Waals surface area contributed by atoms with Gasteiger partial charge >= 0.3 is 0 Å². The summed E-state index contributed by atoms with van der Waals surface area (Å²) < 4.78 is 0. The highest BCUT2D eigenvalue weighted by Gasteiger charge is 2.62. The van der Waals surface area contributed by atoms with Crippen LogP contribution in [-0.4, -0.2) is 23.9 Å². The minimum Gasteiger partial charge on any atom is -0.340 e. The van der Waals surface area contributed by atoms with Gasteiger partial charge in [0, 0.05) is 13.1 Å². The molecule has 3 rings (SSSR count). The minimum absolute atomic E-state index is 0. The number of benzene rings is 1. The number of fused-ring (bicyclic) bond motifs is 1. The number of hydrogen-bond acceptors (Lipinski definition) is 2. The third-order valence-electron chi connectivity index (χ3n) is 4.86. The van der Waals surface area contributed by atoms with E-state index >= 15 is 0 Å². The van der Waals surface area contributed by atoms with Crippen molar-refractivity contribution in [2.45, 2.75) is 19.9 Å². The number of nitrogens with zero attached hydrogens (tertiary/aromatic N) is 1. The fraction of sp³-hybridized carbons (Fsp3) is 0.533. The maximum Gasteiger partial charge on any atom is 0.244 e. The normalized spacial score (nSPS) is 28.3. The summed E-state index contributed by atoms with van der Waals surface area (Å²) in [6.07, 6.45) is 0. The molecule has 3 nitrogen and oxygen atoms in total. The molecular formula is C15H21ClN2O. The van der Waals surface area contributed by atoms with Crippen LogP contribution in [0.15, 0.2) is 30.3 Å². The summed E-state index contributed by atoms with van der Waals surface area (Å²) in [7, 11) is 0. The topological polar surface area (TPSA) is 46.3 Å². The number of rotatable bonds is 2. The Balaban J connectivity index is 0.00000133. The van der Waals surface area contributed by atoms with Gasteiger partial charge < -0.3 is 10.6 Å². The van der Waals surface area contributed by atoms with Crippen LogP contribution in [0.3, 0.4) is 0 Å². The van der Waals surface area contributed by atoms with Crippen molar-refractivity contribution >= 4 is 18.3 Å². The molecule has 0 bridgehead atoms. The molecule has 1 saturated carbocycles. The molecule has 2 fully saturated rings. The van der Waals surface area contributed by atoms with Crippen LogP contribution in [-0.2, 0) is 4.79 Å². The van der Waals surface area contributed by atoms with Crippen molar-refractivity contribution in [3.05, 3.63) is 35.9 Å². The first-order valence-corrected chi connectivity index (χ1v) is 6.61. The van der Waals surface area contributed by atoms with Crippen LogP contribution in [0.4, 0.5) is 0 Å². The lowest BCUT2D eigenvalue weighted by Gasteiger charge is -2.25. The third kappa shape index (κ3) is 2.26. The fourth-order valence-corrected chi connectivity index (χ4v) is 3.31. The van der Waals surface area contributed by atoms with Crippen LogP contribution in [0.1, 0.15) is 25.5 Å². The van der Waals surface area contributed by atoms with Crippen LogP contribution >= 0.6 is 12.4 Å². The Bertz CT molecular complexity index is 460. The van der Waals surface area contributed by atoms with Gasteiger partial charge in [0.2, 0.25) is 5.91 Å². The zero-order chi connectivity index (χ0) is 12.9. The van der Waals surface area contributed by atoms with E-state index in [-0.39, 0.29) is 18.3 Å². The number of nitrogens with two attached hydrogens (primary N) is 1. The Morgan fingerprint density at radius 2 is 1.79 bits per heavy atom.